The van der Waals surface area contributed by atoms with Crippen molar-refractivity contribution in [3.8, 4) is 0 Å². The van der Waals surface area contributed by atoms with Crippen molar-refractivity contribution < 1.29 is 24.9 Å². The van der Waals surface area contributed by atoms with Gasteiger partial charge in [0.2, 0.25) is 5.91 Å². The van der Waals surface area contributed by atoms with Crippen LogP contribution < -0.4 is 20.6 Å². The maximum absolute atomic E-state index is 12.2. The Kier molecular flexibility index (Phi) is 6.91. The lowest BCUT2D eigenvalue weighted by Crippen LogP contribution is -3.06. The number of carbonyl (C=O) groups is 2. The van der Waals surface area contributed by atoms with Gasteiger partial charge >= 0.3 is 0 Å². The van der Waals surface area contributed by atoms with Crippen molar-refractivity contribution in [1.82, 2.24) is 0 Å². The van der Waals surface area contributed by atoms with Crippen LogP contribution in [0.4, 0.5) is 5.69 Å². The molecule has 0 unspecified atom stereocenters. The van der Waals surface area contributed by atoms with E-state index in [4.69, 9.17) is 0 Å². The molecule has 2 aromatic carbocycles. The lowest BCUT2D eigenvalue weighted by atomic mass is 10.1. The van der Waals surface area contributed by atoms with Crippen molar-refractivity contribution in [3.63, 3.8) is 0 Å². The van der Waals surface area contributed by atoms with Gasteiger partial charge < -0.3 is 25.4 Å². The van der Waals surface area contributed by atoms with Gasteiger partial charge in [0, 0.05) is 12.1 Å². The Hall–Kier alpha value is -2.44. The summed E-state index contributed by atoms with van der Waals surface area (Å²) in [6.45, 7) is 1.62. The normalized spacial score (nSPS) is 12.3. The monoisotopic (exact) mass is 344 g/mol. The first-order valence-corrected chi connectivity index (χ1v) is 8.57. The predicted octanol–water partition coefficient (Wildman–Crippen LogP) is -1.62. The number of aliphatic carboxylic acids is 1. The molecule has 2 rings (SSSR count). The van der Waals surface area contributed by atoms with Crippen molar-refractivity contribution in [1.29, 1.82) is 0 Å². The molecule has 4 N–H and O–H groups in total. The van der Waals surface area contributed by atoms with Crippen molar-refractivity contribution in [2.75, 3.05) is 32.5 Å². The number of hydrogen-bond donors (Lipinski definition) is 3. The summed E-state index contributed by atoms with van der Waals surface area (Å²) in [5, 5.41) is 17.8. The number of fused-ring (bicyclic) bond motifs is 1. The Bertz CT molecular complexity index is 731. The quantitative estimate of drug-likeness (QED) is 0.478. The van der Waals surface area contributed by atoms with Crippen LogP contribution in [0.2, 0.25) is 0 Å². The molecular formula is C19H26N3O3+. The van der Waals surface area contributed by atoms with E-state index >= 15 is 0 Å². The van der Waals surface area contributed by atoms with E-state index in [0.29, 0.717) is 12.2 Å². The molecule has 0 spiro atoms. The molecule has 1 atom stereocenters. The summed E-state index contributed by atoms with van der Waals surface area (Å²) in [4.78, 5) is 24.8. The number of carboxylic acids is 1. The molecule has 0 fully saturated rings. The second-order valence-corrected chi connectivity index (χ2v) is 6.57. The molecule has 134 valence electrons. The smallest absolute Gasteiger partial charge is 0.230 e. The number of hydrogen-bond acceptors (Lipinski definition) is 3. The molecule has 0 bridgehead atoms. The number of amides is 1. The number of carbonyl (C=O) groups excluding carboxylic acids is 2. The molecule has 0 radical (unpaired) electrons. The van der Waals surface area contributed by atoms with Gasteiger partial charge in [-0.2, -0.15) is 0 Å². The average molecular weight is 344 g/mol. The zero-order chi connectivity index (χ0) is 18.2. The number of benzene rings is 2. The molecule has 0 aliphatic rings. The molecule has 2 aromatic rings. The van der Waals surface area contributed by atoms with Gasteiger partial charge in [-0.25, -0.2) is 0 Å². The molecule has 0 aromatic heterocycles. The van der Waals surface area contributed by atoms with Crippen LogP contribution >= 0.6 is 0 Å². The maximum Gasteiger partial charge on any atom is 0.230 e. The van der Waals surface area contributed by atoms with Crippen LogP contribution in [0.15, 0.2) is 42.5 Å². The fraction of sp³-hybridized carbons (Fsp3) is 0.368. The zero-order valence-corrected chi connectivity index (χ0v) is 14.7. The third-order valence-electron chi connectivity index (χ3n) is 4.07. The van der Waals surface area contributed by atoms with E-state index in [1.54, 1.807) is 5.32 Å². The van der Waals surface area contributed by atoms with Gasteiger partial charge in [-0.05, 0) is 22.9 Å². The summed E-state index contributed by atoms with van der Waals surface area (Å²) in [6.07, 6.45) is 0.780. The fourth-order valence-electron chi connectivity index (χ4n) is 2.72. The molecule has 0 saturated heterocycles. The molecular weight excluding hydrogens is 318 g/mol. The highest BCUT2D eigenvalue weighted by molar-refractivity contribution is 5.96. The fourth-order valence-corrected chi connectivity index (χ4v) is 2.72. The van der Waals surface area contributed by atoms with E-state index in [1.165, 1.54) is 4.90 Å². The van der Waals surface area contributed by atoms with Crippen LogP contribution in [-0.4, -0.2) is 45.1 Å². The van der Waals surface area contributed by atoms with Gasteiger partial charge in [0.25, 0.3) is 0 Å². The van der Waals surface area contributed by atoms with Crippen LogP contribution in [0.3, 0.4) is 0 Å². The second-order valence-electron chi connectivity index (χ2n) is 6.57. The van der Waals surface area contributed by atoms with Crippen molar-refractivity contribution in [3.05, 3.63) is 42.5 Å². The van der Waals surface area contributed by atoms with E-state index < -0.39 is 12.0 Å². The van der Waals surface area contributed by atoms with E-state index in [-0.39, 0.29) is 12.3 Å². The highest BCUT2D eigenvalue weighted by Crippen LogP contribution is 2.18. The lowest BCUT2D eigenvalue weighted by Gasteiger charge is -2.17. The lowest BCUT2D eigenvalue weighted by molar-refractivity contribution is -0.860. The first-order chi connectivity index (χ1) is 12.0. The molecule has 0 aliphatic carbocycles. The van der Waals surface area contributed by atoms with E-state index in [9.17, 15) is 14.7 Å². The van der Waals surface area contributed by atoms with E-state index in [2.05, 4.69) is 5.32 Å². The van der Waals surface area contributed by atoms with Gasteiger partial charge in [-0.3, -0.25) is 4.79 Å². The standard InChI is InChI=1S/C19H25N3O3/c1-22(2)11-5-10-20-17(19(24)25)13-18(23)21-16-9-8-14-6-3-4-7-15(14)12-16/h3-4,6-9,12,17,20H,5,10-11,13H2,1-2H3,(H,21,23)(H,24,25)/p+1/t17-/m0/s1. The summed E-state index contributed by atoms with van der Waals surface area (Å²) in [5.74, 6) is -1.52. The number of rotatable bonds is 9. The van der Waals surface area contributed by atoms with Crippen LogP contribution in [0.5, 0.6) is 0 Å². The number of quaternary nitrogens is 2. The third kappa shape index (κ3) is 6.17. The highest BCUT2D eigenvalue weighted by Gasteiger charge is 2.18. The summed E-state index contributed by atoms with van der Waals surface area (Å²) < 4.78 is 0. The van der Waals surface area contributed by atoms with Crippen molar-refractivity contribution in [2.45, 2.75) is 18.9 Å². The average Bonchev–Trinajstić information content (AvgIpc) is 2.57. The summed E-state index contributed by atoms with van der Waals surface area (Å²) in [6, 6.07) is 12.6. The maximum atomic E-state index is 12.2. The number of anilines is 1. The van der Waals surface area contributed by atoms with Crippen LogP contribution in [0.25, 0.3) is 10.8 Å². The predicted molar refractivity (Wildman–Crippen MR) is 95.1 cm³/mol. The Morgan fingerprint density at radius 3 is 2.56 bits per heavy atom. The van der Waals surface area contributed by atoms with E-state index in [0.717, 1.165) is 23.7 Å². The number of carboxylic acid groups (broad SMARTS) is 1. The van der Waals surface area contributed by atoms with Crippen LogP contribution in [0, 0.1) is 0 Å². The first-order valence-electron chi connectivity index (χ1n) is 8.57. The van der Waals surface area contributed by atoms with Gasteiger partial charge in [-0.1, -0.05) is 30.3 Å². The van der Waals surface area contributed by atoms with Gasteiger partial charge in [0.1, 0.15) is 6.04 Å². The molecule has 25 heavy (non-hydrogen) atoms. The Labute approximate surface area is 147 Å². The minimum Gasteiger partial charge on any atom is -0.544 e. The molecule has 6 nitrogen and oxygen atoms in total. The molecule has 1 amide bonds. The van der Waals surface area contributed by atoms with Crippen LogP contribution in [-0.2, 0) is 9.59 Å². The highest BCUT2D eigenvalue weighted by atomic mass is 16.4. The molecule has 0 heterocycles. The van der Waals surface area contributed by atoms with Crippen molar-refractivity contribution in [2.24, 2.45) is 0 Å². The van der Waals surface area contributed by atoms with E-state index in [1.807, 2.05) is 56.6 Å². The topological polar surface area (TPSA) is 90.3 Å². The van der Waals surface area contributed by atoms with Gasteiger partial charge in [-0.15, -0.1) is 0 Å². The summed E-state index contributed by atoms with van der Waals surface area (Å²) in [5.41, 5.74) is 0.664. The Balaban J connectivity index is 1.90. The summed E-state index contributed by atoms with van der Waals surface area (Å²) in [7, 11) is 4.10. The Morgan fingerprint density at radius 2 is 1.88 bits per heavy atom. The first kappa shape index (κ1) is 18.9. The SMILES string of the molecule is C[NH+](C)CCC[NH2+][C@@H](CC(=O)Nc1ccc2ccccc2c1)C(=O)[O-]. The zero-order valence-electron chi connectivity index (χ0n) is 14.7. The third-order valence-corrected chi connectivity index (χ3v) is 4.07. The summed E-state index contributed by atoms with van der Waals surface area (Å²) >= 11 is 0. The largest absolute Gasteiger partial charge is 0.544 e. The molecule has 0 aliphatic heterocycles. The Morgan fingerprint density at radius 1 is 1.16 bits per heavy atom. The van der Waals surface area contributed by atoms with Gasteiger partial charge in [0.15, 0.2) is 0 Å². The molecule has 0 saturated carbocycles. The molecule has 6 heteroatoms. The minimum atomic E-state index is -1.20. The van der Waals surface area contributed by atoms with Crippen LogP contribution in [0.1, 0.15) is 12.8 Å². The number of nitrogens with two attached hydrogens (primary N) is 1. The second kappa shape index (κ2) is 9.15. The van der Waals surface area contributed by atoms with Crippen molar-refractivity contribution >= 4 is 28.3 Å². The number of nitrogens with one attached hydrogen (secondary N) is 2. The van der Waals surface area contributed by atoms with Gasteiger partial charge in [0.05, 0.1) is 39.6 Å². The minimum absolute atomic E-state index is 0.107.